The molecule has 1 N–H and O–H groups in total. The van der Waals surface area contributed by atoms with Gasteiger partial charge in [0.2, 0.25) is 0 Å². The first-order valence-corrected chi connectivity index (χ1v) is 10.7. The molecule has 0 radical (unpaired) electrons. The van der Waals surface area contributed by atoms with E-state index in [4.69, 9.17) is 4.74 Å². The number of hydrogen-bond acceptors (Lipinski definition) is 4. The largest absolute Gasteiger partial charge is 0.379 e. The number of allylic oxidation sites excluding steroid dienone is 1. The Kier molecular flexibility index (Phi) is 7.78. The molecule has 7 heteroatoms. The third-order valence-corrected chi connectivity index (χ3v) is 5.06. The van der Waals surface area contributed by atoms with Crippen LogP contribution in [0.4, 0.5) is 0 Å². The number of para-hydroxylation sites is 2. The van der Waals surface area contributed by atoms with Gasteiger partial charge in [-0.1, -0.05) is 30.3 Å². The van der Waals surface area contributed by atoms with Crippen molar-refractivity contribution in [2.24, 2.45) is 0 Å². The number of nitrogens with zero attached hydrogens (tertiary/aromatic N) is 2. The predicted octanol–water partition coefficient (Wildman–Crippen LogP) is 2.94. The number of nitrogens with one attached hydrogen (secondary N) is 1. The second kappa shape index (κ2) is 10.7. The van der Waals surface area contributed by atoms with Crippen molar-refractivity contribution in [3.05, 3.63) is 93.0 Å². The summed E-state index contributed by atoms with van der Waals surface area (Å²) in [6.45, 7) is 9.26. The monoisotopic (exact) mass is 435 g/mol. The third-order valence-electron chi connectivity index (χ3n) is 5.06. The number of carbonyl (C=O) groups is 1. The second-order valence-electron chi connectivity index (χ2n) is 7.81. The molecule has 0 atom stereocenters. The van der Waals surface area contributed by atoms with Crippen molar-refractivity contribution in [2.75, 3.05) is 13.2 Å². The molecule has 168 valence electrons. The topological polar surface area (TPSA) is 82.3 Å². The second-order valence-corrected chi connectivity index (χ2v) is 7.81. The van der Waals surface area contributed by atoms with Crippen LogP contribution in [-0.4, -0.2) is 34.3 Å². The molecule has 2 aromatic carbocycles. The van der Waals surface area contributed by atoms with Gasteiger partial charge < -0.3 is 10.1 Å². The van der Waals surface area contributed by atoms with E-state index < -0.39 is 11.1 Å². The van der Waals surface area contributed by atoms with Crippen LogP contribution in [0, 0.1) is 0 Å². The molecule has 3 rings (SSSR count). The number of carbonyl (C=O) groups excluding carboxylic acids is 1. The van der Waals surface area contributed by atoms with Crippen molar-refractivity contribution in [1.82, 2.24) is 14.5 Å². The highest BCUT2D eigenvalue weighted by Crippen LogP contribution is 2.13. The Morgan fingerprint density at radius 1 is 1.03 bits per heavy atom. The van der Waals surface area contributed by atoms with Gasteiger partial charge in [0.05, 0.1) is 23.7 Å². The van der Waals surface area contributed by atoms with E-state index >= 15 is 0 Å². The molecule has 32 heavy (non-hydrogen) atoms. The van der Waals surface area contributed by atoms with Gasteiger partial charge >= 0.3 is 11.1 Å². The maximum atomic E-state index is 12.8. The van der Waals surface area contributed by atoms with Gasteiger partial charge in [-0.3, -0.25) is 23.5 Å². The normalized spacial score (nSPS) is 11.1. The quantitative estimate of drug-likeness (QED) is 0.302. The summed E-state index contributed by atoms with van der Waals surface area (Å²) in [5.41, 5.74) is 1.54. The summed E-state index contributed by atoms with van der Waals surface area (Å²) < 4.78 is 8.37. The van der Waals surface area contributed by atoms with E-state index in [1.54, 1.807) is 30.3 Å². The molecule has 3 aromatic rings. The highest BCUT2D eigenvalue weighted by atomic mass is 16.5. The summed E-state index contributed by atoms with van der Waals surface area (Å²) >= 11 is 0. The van der Waals surface area contributed by atoms with Crippen molar-refractivity contribution in [2.45, 2.75) is 39.5 Å². The van der Waals surface area contributed by atoms with Crippen LogP contribution in [0.3, 0.4) is 0 Å². The van der Waals surface area contributed by atoms with E-state index in [9.17, 15) is 14.4 Å². The molecule has 0 saturated heterocycles. The van der Waals surface area contributed by atoms with Gasteiger partial charge in [-0.05, 0) is 50.1 Å². The van der Waals surface area contributed by atoms with Gasteiger partial charge in [0.1, 0.15) is 0 Å². The minimum Gasteiger partial charge on any atom is -0.379 e. The first-order valence-electron chi connectivity index (χ1n) is 10.7. The van der Waals surface area contributed by atoms with Crippen LogP contribution in [-0.2, 0) is 17.8 Å². The molecular formula is C25H29N3O4. The zero-order valence-corrected chi connectivity index (χ0v) is 18.5. The third kappa shape index (κ3) is 5.42. The van der Waals surface area contributed by atoms with Crippen molar-refractivity contribution in [3.8, 4) is 0 Å². The minimum absolute atomic E-state index is 0.157. The molecule has 0 aliphatic heterocycles. The van der Waals surface area contributed by atoms with Crippen LogP contribution >= 0.6 is 0 Å². The van der Waals surface area contributed by atoms with E-state index in [-0.39, 0.29) is 25.1 Å². The Hall–Kier alpha value is -3.45. The molecule has 1 amide bonds. The van der Waals surface area contributed by atoms with Gasteiger partial charge in [0.15, 0.2) is 0 Å². The molecule has 1 heterocycles. The Morgan fingerprint density at radius 3 is 2.28 bits per heavy atom. The van der Waals surface area contributed by atoms with Crippen LogP contribution in [0.2, 0.25) is 0 Å². The molecular weight excluding hydrogens is 406 g/mol. The van der Waals surface area contributed by atoms with Gasteiger partial charge in [0, 0.05) is 25.3 Å². The SMILES string of the molecule is C=CCn1c(=O)c(=O)n(Cc2ccc(C(=O)NCCCOC(C)C)cc2)c2ccccc21. The van der Waals surface area contributed by atoms with Crippen LogP contribution in [0.5, 0.6) is 0 Å². The smallest absolute Gasteiger partial charge is 0.317 e. The van der Waals surface area contributed by atoms with Crippen LogP contribution in [0.15, 0.2) is 70.8 Å². The Labute approximate surface area is 187 Å². The number of benzene rings is 2. The van der Waals surface area contributed by atoms with E-state index in [2.05, 4.69) is 11.9 Å². The lowest BCUT2D eigenvalue weighted by Gasteiger charge is -2.14. The zero-order valence-electron chi connectivity index (χ0n) is 18.5. The number of amides is 1. The Balaban J connectivity index is 1.76. The lowest BCUT2D eigenvalue weighted by atomic mass is 10.1. The molecule has 7 nitrogen and oxygen atoms in total. The molecule has 0 spiro atoms. The molecule has 0 aliphatic rings. The average molecular weight is 436 g/mol. The minimum atomic E-state index is -0.587. The van der Waals surface area contributed by atoms with Crippen molar-refractivity contribution >= 4 is 16.9 Å². The van der Waals surface area contributed by atoms with Gasteiger partial charge in [-0.25, -0.2) is 0 Å². The maximum Gasteiger partial charge on any atom is 0.317 e. The number of hydrogen-bond donors (Lipinski definition) is 1. The summed E-state index contributed by atoms with van der Waals surface area (Å²) in [6.07, 6.45) is 2.52. The Morgan fingerprint density at radius 2 is 1.66 bits per heavy atom. The molecule has 0 unspecified atom stereocenters. The van der Waals surface area contributed by atoms with Crippen molar-refractivity contribution in [3.63, 3.8) is 0 Å². The summed E-state index contributed by atoms with van der Waals surface area (Å²) in [4.78, 5) is 37.7. The lowest BCUT2D eigenvalue weighted by Crippen LogP contribution is -2.41. The number of aromatic nitrogens is 2. The highest BCUT2D eigenvalue weighted by molar-refractivity contribution is 5.94. The molecule has 0 saturated carbocycles. The first-order chi connectivity index (χ1) is 15.4. The van der Waals surface area contributed by atoms with Crippen LogP contribution < -0.4 is 16.4 Å². The van der Waals surface area contributed by atoms with Gasteiger partial charge in [-0.2, -0.15) is 0 Å². The zero-order chi connectivity index (χ0) is 23.1. The highest BCUT2D eigenvalue weighted by Gasteiger charge is 2.13. The molecule has 0 aliphatic carbocycles. The Bertz CT molecular complexity index is 1210. The standard InChI is InChI=1S/C25H29N3O4/c1-4-15-27-21-8-5-6-9-22(21)28(25(31)24(27)30)17-19-10-12-20(13-11-19)23(29)26-14-7-16-32-18(2)3/h4-6,8-13,18H,1,7,14-17H2,2-3H3,(H,26,29). The number of rotatable bonds is 10. The fourth-order valence-corrected chi connectivity index (χ4v) is 3.48. The average Bonchev–Trinajstić information content (AvgIpc) is 2.79. The number of ether oxygens (including phenoxy) is 1. The summed E-state index contributed by atoms with van der Waals surface area (Å²) in [7, 11) is 0. The number of fused-ring (bicyclic) bond motifs is 1. The van der Waals surface area contributed by atoms with E-state index in [1.165, 1.54) is 9.13 Å². The van der Waals surface area contributed by atoms with E-state index in [1.807, 2.05) is 38.1 Å². The van der Waals surface area contributed by atoms with Crippen molar-refractivity contribution < 1.29 is 9.53 Å². The van der Waals surface area contributed by atoms with Crippen LogP contribution in [0.25, 0.3) is 11.0 Å². The molecule has 0 bridgehead atoms. The van der Waals surface area contributed by atoms with E-state index in [0.29, 0.717) is 29.7 Å². The van der Waals surface area contributed by atoms with Crippen molar-refractivity contribution in [1.29, 1.82) is 0 Å². The van der Waals surface area contributed by atoms with Crippen LogP contribution in [0.1, 0.15) is 36.2 Å². The van der Waals surface area contributed by atoms with Gasteiger partial charge in [0.25, 0.3) is 5.91 Å². The summed E-state index contributed by atoms with van der Waals surface area (Å²) in [5, 5.41) is 2.87. The fourth-order valence-electron chi connectivity index (χ4n) is 3.48. The molecule has 0 fully saturated rings. The predicted molar refractivity (Wildman–Crippen MR) is 126 cm³/mol. The maximum absolute atomic E-state index is 12.8. The fraction of sp³-hybridized carbons (Fsp3) is 0.320. The molecule has 1 aromatic heterocycles. The van der Waals surface area contributed by atoms with Gasteiger partial charge in [-0.15, -0.1) is 6.58 Å². The summed E-state index contributed by atoms with van der Waals surface area (Å²) in [5.74, 6) is -0.157. The first kappa shape index (κ1) is 23.2. The summed E-state index contributed by atoms with van der Waals surface area (Å²) in [6, 6.07) is 14.3. The lowest BCUT2D eigenvalue weighted by molar-refractivity contribution is 0.0757. The van der Waals surface area contributed by atoms with E-state index in [0.717, 1.165) is 12.0 Å².